The van der Waals surface area contributed by atoms with Crippen molar-refractivity contribution in [2.45, 2.75) is 65.5 Å². The molecule has 0 spiro atoms. The van der Waals surface area contributed by atoms with Gasteiger partial charge in [0.1, 0.15) is 0 Å². The van der Waals surface area contributed by atoms with Crippen LogP contribution in [-0.2, 0) is 17.8 Å². The van der Waals surface area contributed by atoms with Crippen LogP contribution >= 0.6 is 11.6 Å². The molecule has 9 nitrogen and oxygen atoms in total. The van der Waals surface area contributed by atoms with E-state index in [2.05, 4.69) is 19.2 Å². The summed E-state index contributed by atoms with van der Waals surface area (Å²) in [5.74, 6) is -0.815. The van der Waals surface area contributed by atoms with Gasteiger partial charge in [0, 0.05) is 47.5 Å². The second kappa shape index (κ2) is 15.4. The van der Waals surface area contributed by atoms with Crippen LogP contribution in [-0.4, -0.2) is 68.1 Å². The highest BCUT2D eigenvalue weighted by molar-refractivity contribution is 6.31. The molecule has 10 heteroatoms. The number of allylic oxidation sites excluding steroid dienone is 6. The number of unbranched alkanes of at least 4 members (excludes halogenated alkanes) is 2. The van der Waals surface area contributed by atoms with E-state index in [0.717, 1.165) is 42.4 Å². The van der Waals surface area contributed by atoms with E-state index in [1.54, 1.807) is 39.9 Å². The fourth-order valence-corrected chi connectivity index (χ4v) is 6.97. The zero-order valence-corrected chi connectivity index (χ0v) is 29.6. The van der Waals surface area contributed by atoms with Gasteiger partial charge in [-0.2, -0.15) is 5.10 Å². The van der Waals surface area contributed by atoms with Gasteiger partial charge in [0.05, 0.1) is 23.9 Å². The number of hydrogen-bond acceptors (Lipinski definition) is 5. The summed E-state index contributed by atoms with van der Waals surface area (Å²) in [5.41, 5.74) is 5.82. The summed E-state index contributed by atoms with van der Waals surface area (Å²) in [6.07, 6.45) is 13.6. The first-order valence-electron chi connectivity index (χ1n) is 17.5. The molecule has 6 rings (SSSR count). The minimum absolute atomic E-state index is 0.0651. The van der Waals surface area contributed by atoms with Crippen molar-refractivity contribution in [3.8, 4) is 5.69 Å². The molecule has 0 fully saturated rings. The SMILES string of the molecule is CCCCN(CCCC)C(=O)c1cc(C)n(-c2ccc(NC(=O)C3=CC4C=C(Cl)C=CC4=C3)cc2C(=O)N2Cc3ccccc3C[C@H]2CO)n1. The highest BCUT2D eigenvalue weighted by atomic mass is 35.5. The van der Waals surface area contributed by atoms with Crippen LogP contribution in [0.3, 0.4) is 0 Å². The smallest absolute Gasteiger partial charge is 0.274 e. The van der Waals surface area contributed by atoms with Crippen LogP contribution in [0.15, 0.2) is 95.1 Å². The van der Waals surface area contributed by atoms with Gasteiger partial charge in [0.15, 0.2) is 5.69 Å². The molecule has 50 heavy (non-hydrogen) atoms. The van der Waals surface area contributed by atoms with E-state index in [1.165, 1.54) is 0 Å². The lowest BCUT2D eigenvalue weighted by Crippen LogP contribution is -2.46. The van der Waals surface area contributed by atoms with Crippen molar-refractivity contribution in [3.63, 3.8) is 0 Å². The summed E-state index contributed by atoms with van der Waals surface area (Å²) in [6.45, 7) is 7.51. The zero-order chi connectivity index (χ0) is 35.4. The Bertz CT molecular complexity index is 1910. The lowest BCUT2D eigenvalue weighted by Gasteiger charge is -2.36. The van der Waals surface area contributed by atoms with Crippen LogP contribution in [0, 0.1) is 12.8 Å². The van der Waals surface area contributed by atoms with Gasteiger partial charge in [-0.1, -0.05) is 80.8 Å². The van der Waals surface area contributed by atoms with Crippen LogP contribution < -0.4 is 5.32 Å². The fourth-order valence-electron chi connectivity index (χ4n) is 6.78. The number of rotatable bonds is 12. The number of carbonyl (C=O) groups is 3. The molecule has 1 aromatic heterocycles. The zero-order valence-electron chi connectivity index (χ0n) is 28.9. The molecule has 260 valence electrons. The molecule has 2 aliphatic carbocycles. The van der Waals surface area contributed by atoms with Gasteiger partial charge in [-0.05, 0) is 79.3 Å². The van der Waals surface area contributed by atoms with Crippen molar-refractivity contribution in [1.29, 1.82) is 0 Å². The summed E-state index contributed by atoms with van der Waals surface area (Å²) in [7, 11) is 0. The van der Waals surface area contributed by atoms with E-state index in [4.69, 9.17) is 16.7 Å². The molecule has 1 unspecified atom stereocenters. The maximum Gasteiger partial charge on any atom is 0.274 e. The predicted molar refractivity (Wildman–Crippen MR) is 196 cm³/mol. The van der Waals surface area contributed by atoms with Gasteiger partial charge in [-0.15, -0.1) is 0 Å². The Morgan fingerprint density at radius 1 is 1.00 bits per heavy atom. The van der Waals surface area contributed by atoms with Crippen molar-refractivity contribution >= 4 is 35.0 Å². The Hall–Kier alpha value is -4.73. The Morgan fingerprint density at radius 3 is 2.46 bits per heavy atom. The van der Waals surface area contributed by atoms with E-state index in [-0.39, 0.29) is 30.2 Å². The van der Waals surface area contributed by atoms with E-state index in [1.807, 2.05) is 60.4 Å². The van der Waals surface area contributed by atoms with Crippen LogP contribution in [0.25, 0.3) is 5.69 Å². The lowest BCUT2D eigenvalue weighted by molar-refractivity contribution is -0.112. The third kappa shape index (κ3) is 7.39. The maximum atomic E-state index is 14.6. The molecule has 0 radical (unpaired) electrons. The molecule has 2 aromatic carbocycles. The normalized spacial score (nSPS) is 17.8. The Kier molecular flexibility index (Phi) is 10.8. The molecule has 0 saturated heterocycles. The van der Waals surface area contributed by atoms with Crippen LogP contribution in [0.1, 0.15) is 77.2 Å². The fraction of sp³-hybridized carbons (Fsp3) is 0.350. The van der Waals surface area contributed by atoms with Crippen LogP contribution in [0.4, 0.5) is 5.69 Å². The summed E-state index contributed by atoms with van der Waals surface area (Å²) in [5, 5.41) is 18.8. The molecule has 2 atom stereocenters. The first-order valence-corrected chi connectivity index (χ1v) is 17.9. The largest absolute Gasteiger partial charge is 0.394 e. The number of hydrogen-bond donors (Lipinski definition) is 2. The number of nitrogens with one attached hydrogen (secondary N) is 1. The number of nitrogens with zero attached hydrogens (tertiary/aromatic N) is 4. The number of fused-ring (bicyclic) bond motifs is 2. The quantitative estimate of drug-likeness (QED) is 0.215. The van der Waals surface area contributed by atoms with Gasteiger partial charge in [-0.3, -0.25) is 14.4 Å². The molecular weight excluding hydrogens is 650 g/mol. The van der Waals surface area contributed by atoms with Crippen LogP contribution in [0.5, 0.6) is 0 Å². The standard InChI is InChI=1S/C40H44ClN5O4/c1-4-6-16-44(17-7-5-2)40(50)36-18-26(3)46(43-36)37-15-14-33(42-38(48)31-19-28-12-13-32(41)21-30(28)20-31)23-35(37)39(49)45-24-29-11-9-8-10-27(29)22-34(45)25-47/h8-15,18-21,23,30,34,47H,4-7,16-17,22,24-25H2,1-3H3,(H,42,48)/t30?,34-/m0/s1. The number of aryl methyl sites for hydroxylation is 1. The second-order valence-corrected chi connectivity index (χ2v) is 13.6. The molecule has 3 amide bonds. The number of halogens is 1. The summed E-state index contributed by atoms with van der Waals surface area (Å²) in [6, 6.07) is 14.4. The molecule has 3 aliphatic rings. The average Bonchev–Trinajstić information content (AvgIpc) is 3.73. The Morgan fingerprint density at radius 2 is 1.74 bits per heavy atom. The second-order valence-electron chi connectivity index (χ2n) is 13.2. The van der Waals surface area contributed by atoms with Crippen molar-refractivity contribution in [2.24, 2.45) is 5.92 Å². The first kappa shape index (κ1) is 35.1. The first-order chi connectivity index (χ1) is 24.2. The van der Waals surface area contributed by atoms with E-state index in [0.29, 0.717) is 65.0 Å². The number of benzene rings is 2. The highest BCUT2D eigenvalue weighted by Gasteiger charge is 2.32. The van der Waals surface area contributed by atoms with Crippen molar-refractivity contribution < 1.29 is 19.5 Å². The minimum atomic E-state index is -0.434. The predicted octanol–water partition coefficient (Wildman–Crippen LogP) is 6.90. The van der Waals surface area contributed by atoms with Gasteiger partial charge >= 0.3 is 0 Å². The molecule has 2 heterocycles. The van der Waals surface area contributed by atoms with Gasteiger partial charge < -0.3 is 20.2 Å². The topological polar surface area (TPSA) is 108 Å². The summed E-state index contributed by atoms with van der Waals surface area (Å²) in [4.78, 5) is 45.3. The van der Waals surface area contributed by atoms with Crippen molar-refractivity contribution in [1.82, 2.24) is 19.6 Å². The van der Waals surface area contributed by atoms with Gasteiger partial charge in [0.2, 0.25) is 0 Å². The molecule has 3 aromatic rings. The lowest BCUT2D eigenvalue weighted by atomic mass is 9.93. The highest BCUT2D eigenvalue weighted by Crippen LogP contribution is 2.33. The third-order valence-electron chi connectivity index (χ3n) is 9.60. The molecule has 2 N–H and O–H groups in total. The summed E-state index contributed by atoms with van der Waals surface area (Å²) < 4.78 is 1.63. The molecule has 0 saturated carbocycles. The van der Waals surface area contributed by atoms with E-state index in [9.17, 15) is 19.5 Å². The average molecular weight is 694 g/mol. The van der Waals surface area contributed by atoms with Crippen LogP contribution in [0.2, 0.25) is 0 Å². The molecular formula is C40H44ClN5O4. The number of aromatic nitrogens is 2. The van der Waals surface area contributed by atoms with Crippen molar-refractivity contribution in [2.75, 3.05) is 25.0 Å². The number of anilines is 1. The number of amides is 3. The van der Waals surface area contributed by atoms with Crippen molar-refractivity contribution in [3.05, 3.63) is 123 Å². The number of aliphatic hydroxyl groups is 1. The van der Waals surface area contributed by atoms with Gasteiger partial charge in [0.25, 0.3) is 17.7 Å². The van der Waals surface area contributed by atoms with Gasteiger partial charge in [-0.25, -0.2) is 4.68 Å². The van der Waals surface area contributed by atoms with E-state index >= 15 is 0 Å². The Labute approximate surface area is 298 Å². The van der Waals surface area contributed by atoms with E-state index < -0.39 is 6.04 Å². The minimum Gasteiger partial charge on any atom is -0.394 e. The number of aliphatic hydroxyl groups excluding tert-OH is 1. The third-order valence-corrected chi connectivity index (χ3v) is 9.85. The Balaban J connectivity index is 1.36. The monoisotopic (exact) mass is 693 g/mol. The molecule has 0 bridgehead atoms. The number of carbonyl (C=O) groups excluding carboxylic acids is 3. The maximum absolute atomic E-state index is 14.6. The summed E-state index contributed by atoms with van der Waals surface area (Å²) >= 11 is 6.19. The molecule has 1 aliphatic heterocycles.